The molecule has 0 fully saturated rings. The van der Waals surface area contributed by atoms with Crippen molar-refractivity contribution in [3.63, 3.8) is 0 Å². The Labute approximate surface area is 267 Å². The normalized spacial score (nSPS) is 20.3. The van der Waals surface area contributed by atoms with Crippen LogP contribution < -0.4 is 4.18 Å². The highest BCUT2D eigenvalue weighted by Gasteiger charge is 2.49. The average Bonchev–Trinajstić information content (AvgIpc) is 2.89. The zero-order valence-electron chi connectivity index (χ0n) is 25.1. The molecule has 5 rings (SSSR count). The van der Waals surface area contributed by atoms with Gasteiger partial charge in [0.25, 0.3) is 0 Å². The van der Waals surface area contributed by atoms with Crippen LogP contribution in [-0.4, -0.2) is 45.1 Å². The first-order valence-electron chi connectivity index (χ1n) is 14.4. The van der Waals surface area contributed by atoms with Crippen LogP contribution in [-0.2, 0) is 24.4 Å². The minimum atomic E-state index is -4.25. The first-order valence-corrected chi connectivity index (χ1v) is 17.0. The summed E-state index contributed by atoms with van der Waals surface area (Å²) in [7, 11) is -2.59. The van der Waals surface area contributed by atoms with Crippen molar-refractivity contribution in [2.24, 2.45) is 10.8 Å². The minimum Gasteiger partial charge on any atom is -0.385 e. The van der Waals surface area contributed by atoms with Crippen LogP contribution in [0, 0.1) is 10.8 Å². The summed E-state index contributed by atoms with van der Waals surface area (Å²) in [5.74, 6) is -0.763. The molecule has 1 aliphatic heterocycles. The predicted octanol–water partition coefficient (Wildman–Crippen LogP) is 7.59. The second-order valence-corrected chi connectivity index (χ2v) is 16.1. The third-order valence-corrected chi connectivity index (χ3v) is 10.3. The number of methoxy groups -OCH3 is 1. The Hall–Kier alpha value is -2.46. The molecule has 0 amide bonds. The molecule has 0 unspecified atom stereocenters. The lowest BCUT2D eigenvalue weighted by Gasteiger charge is -2.49. The van der Waals surface area contributed by atoms with Crippen LogP contribution in [0.25, 0.3) is 0 Å². The average molecular weight is 691 g/mol. The van der Waals surface area contributed by atoms with E-state index in [1.54, 1.807) is 25.3 Å². The number of carbonyl (C=O) groups is 2. The summed E-state index contributed by atoms with van der Waals surface area (Å²) >= 11 is 9.54. The van der Waals surface area contributed by atoms with Crippen LogP contribution in [0.4, 0.5) is 0 Å². The minimum absolute atomic E-state index is 0.0383. The summed E-state index contributed by atoms with van der Waals surface area (Å²) in [6.45, 7) is 9.50. The molecule has 3 aliphatic rings. The third kappa shape index (κ3) is 6.51. The second-order valence-electron chi connectivity index (χ2n) is 13.2. The highest BCUT2D eigenvalue weighted by atomic mass is 79.9. The number of carbonyl (C=O) groups excluding carboxylic acids is 2. The van der Waals surface area contributed by atoms with Crippen molar-refractivity contribution in [3.8, 4) is 5.75 Å². The molecule has 10 heteroatoms. The molecule has 230 valence electrons. The molecule has 0 aromatic heterocycles. The quantitative estimate of drug-likeness (QED) is 0.208. The topological polar surface area (TPSA) is 90.0 Å². The van der Waals surface area contributed by atoms with Crippen molar-refractivity contribution in [2.45, 2.75) is 70.6 Å². The van der Waals surface area contributed by atoms with Gasteiger partial charge in [-0.05, 0) is 72.6 Å². The van der Waals surface area contributed by atoms with E-state index in [1.807, 2.05) is 0 Å². The monoisotopic (exact) mass is 689 g/mol. The molecule has 2 aromatic rings. The number of rotatable bonds is 8. The molecule has 0 atom stereocenters. The first kappa shape index (κ1) is 31.9. The van der Waals surface area contributed by atoms with Gasteiger partial charge in [-0.1, -0.05) is 55.2 Å². The van der Waals surface area contributed by atoms with Gasteiger partial charge in [0.1, 0.15) is 10.6 Å². The molecule has 1 heterocycles. The van der Waals surface area contributed by atoms with E-state index in [4.69, 9.17) is 20.5 Å². The Morgan fingerprint density at radius 3 is 2.00 bits per heavy atom. The van der Waals surface area contributed by atoms with Crippen LogP contribution in [0.3, 0.4) is 0 Å². The molecule has 43 heavy (non-hydrogen) atoms. The van der Waals surface area contributed by atoms with Crippen LogP contribution in [0.5, 0.6) is 5.75 Å². The second kappa shape index (κ2) is 11.8. The van der Waals surface area contributed by atoms with E-state index in [2.05, 4.69) is 48.5 Å². The van der Waals surface area contributed by atoms with Crippen molar-refractivity contribution < 1.29 is 26.9 Å². The molecule has 0 bridgehead atoms. The van der Waals surface area contributed by atoms with Gasteiger partial charge in [-0.15, -0.1) is 0 Å². The van der Waals surface area contributed by atoms with Crippen molar-refractivity contribution in [2.75, 3.05) is 20.3 Å². The summed E-state index contributed by atoms with van der Waals surface area (Å²) in [6, 6.07) is 10.8. The number of benzene rings is 2. The number of allylic oxidation sites excluding steroid dienone is 4. The molecule has 2 aromatic carbocycles. The van der Waals surface area contributed by atoms with E-state index < -0.39 is 16.0 Å². The zero-order chi connectivity index (χ0) is 31.3. The van der Waals surface area contributed by atoms with E-state index >= 15 is 0 Å². The summed E-state index contributed by atoms with van der Waals surface area (Å²) in [5, 5.41) is 0.400. The fraction of sp³-hybridized carbons (Fsp3) is 0.455. The molecule has 0 radical (unpaired) electrons. The van der Waals surface area contributed by atoms with Gasteiger partial charge in [0, 0.05) is 76.6 Å². The maximum atomic E-state index is 14.1. The van der Waals surface area contributed by atoms with Crippen molar-refractivity contribution in [1.29, 1.82) is 0 Å². The number of nitrogens with zero attached hydrogens (tertiary/aromatic N) is 1. The summed E-state index contributed by atoms with van der Waals surface area (Å²) in [4.78, 5) is 30.4. The van der Waals surface area contributed by atoms with Crippen molar-refractivity contribution in [3.05, 3.63) is 80.1 Å². The van der Waals surface area contributed by atoms with E-state index in [0.29, 0.717) is 65.0 Å². The van der Waals surface area contributed by atoms with E-state index in [1.165, 1.54) is 24.3 Å². The standard InChI is InChI=1S/C33H37BrClNO6S/c1-32(2)16-24-30(26(37)18-32)29(31-25(36(24)13-6-14-41-5)17-33(3,4)19-27(31)38)23-15-20(34)7-12-28(23)42-43(39,40)22-10-8-21(35)9-11-22/h7-12,15,29H,6,13-14,16-19H2,1-5H3. The van der Waals surface area contributed by atoms with Crippen LogP contribution in [0.2, 0.25) is 5.02 Å². The Morgan fingerprint density at radius 2 is 1.47 bits per heavy atom. The number of hydrogen-bond donors (Lipinski definition) is 0. The Bertz CT molecular complexity index is 1590. The van der Waals surface area contributed by atoms with E-state index in [-0.39, 0.29) is 33.0 Å². The number of Topliss-reactive ketones (excluding diaryl/α,β-unsaturated/α-hetero) is 2. The van der Waals surface area contributed by atoms with Crippen LogP contribution in [0.1, 0.15) is 71.3 Å². The summed E-state index contributed by atoms with van der Waals surface area (Å²) in [5.41, 5.74) is 2.81. The maximum absolute atomic E-state index is 14.1. The van der Waals surface area contributed by atoms with Gasteiger partial charge in [-0.25, -0.2) is 0 Å². The molecule has 2 aliphatic carbocycles. The first-order chi connectivity index (χ1) is 20.1. The molecule has 0 spiro atoms. The molecule has 0 saturated heterocycles. The fourth-order valence-corrected chi connectivity index (χ4v) is 8.04. The lowest BCUT2D eigenvalue weighted by atomic mass is 9.63. The highest BCUT2D eigenvalue weighted by molar-refractivity contribution is 9.10. The Balaban J connectivity index is 1.73. The predicted molar refractivity (Wildman–Crippen MR) is 169 cm³/mol. The van der Waals surface area contributed by atoms with Crippen LogP contribution in [0.15, 0.2) is 74.4 Å². The number of ketones is 2. The molecule has 7 nitrogen and oxygen atoms in total. The fourth-order valence-electron chi connectivity index (χ4n) is 6.58. The summed E-state index contributed by atoms with van der Waals surface area (Å²) in [6.07, 6.45) is 2.67. The molecule has 0 N–H and O–H groups in total. The molecule has 0 saturated carbocycles. The zero-order valence-corrected chi connectivity index (χ0v) is 28.3. The van der Waals surface area contributed by atoms with Gasteiger partial charge in [0.05, 0.1) is 0 Å². The Kier molecular flexibility index (Phi) is 8.77. The Morgan fingerprint density at radius 1 is 0.907 bits per heavy atom. The van der Waals surface area contributed by atoms with Gasteiger partial charge >= 0.3 is 10.1 Å². The lowest BCUT2D eigenvalue weighted by molar-refractivity contribution is -0.119. The highest BCUT2D eigenvalue weighted by Crippen LogP contribution is 2.55. The maximum Gasteiger partial charge on any atom is 0.339 e. The van der Waals surface area contributed by atoms with Gasteiger partial charge in [-0.2, -0.15) is 8.42 Å². The van der Waals surface area contributed by atoms with Gasteiger partial charge in [0.2, 0.25) is 0 Å². The van der Waals surface area contributed by atoms with Crippen molar-refractivity contribution in [1.82, 2.24) is 4.90 Å². The molecular formula is C33H37BrClNO6S. The summed E-state index contributed by atoms with van der Waals surface area (Å²) < 4.78 is 38.7. The molecular weight excluding hydrogens is 654 g/mol. The number of ether oxygens (including phenoxy) is 1. The van der Waals surface area contributed by atoms with Gasteiger partial charge in [-0.3, -0.25) is 9.59 Å². The van der Waals surface area contributed by atoms with Crippen LogP contribution >= 0.6 is 27.5 Å². The number of halogens is 2. The largest absolute Gasteiger partial charge is 0.385 e. The lowest BCUT2D eigenvalue weighted by Crippen LogP contribution is -2.45. The van der Waals surface area contributed by atoms with Gasteiger partial charge < -0.3 is 13.8 Å². The SMILES string of the molecule is COCCCN1C2=C(C(=O)CC(C)(C)C2)C(c2cc(Br)ccc2OS(=O)(=O)c2ccc(Cl)cc2)C2=C1CC(C)(C)CC2=O. The van der Waals surface area contributed by atoms with E-state index in [9.17, 15) is 18.0 Å². The number of hydrogen-bond acceptors (Lipinski definition) is 7. The van der Waals surface area contributed by atoms with E-state index in [0.717, 1.165) is 17.8 Å². The van der Waals surface area contributed by atoms with Crippen molar-refractivity contribution >= 4 is 49.2 Å². The smallest absolute Gasteiger partial charge is 0.339 e. The van der Waals surface area contributed by atoms with Gasteiger partial charge in [0.15, 0.2) is 11.6 Å². The third-order valence-electron chi connectivity index (χ3n) is 8.34.